The average molecular weight is 316 g/mol. The molecule has 1 aromatic carbocycles. The number of aryl methyl sites for hydroxylation is 1. The van der Waals surface area contributed by atoms with Crippen LogP contribution in [-0.2, 0) is 4.79 Å². The molecular weight excluding hydrogens is 288 g/mol. The van der Waals surface area contributed by atoms with E-state index in [0.29, 0.717) is 6.04 Å². The van der Waals surface area contributed by atoms with Gasteiger partial charge >= 0.3 is 0 Å². The highest BCUT2D eigenvalue weighted by Gasteiger charge is 2.43. The number of nitrogens with one attached hydrogen (secondary N) is 1. The fraction of sp³-hybridized carbons (Fsp3) is 0.632. The third-order valence-corrected chi connectivity index (χ3v) is 5.41. The second kappa shape index (κ2) is 6.91. The van der Waals surface area contributed by atoms with Gasteiger partial charge in [0.15, 0.2) is 6.61 Å². The molecule has 3 rings (SSSR count). The summed E-state index contributed by atoms with van der Waals surface area (Å²) < 4.78 is 5.78. The highest BCUT2D eigenvalue weighted by molar-refractivity contribution is 5.78. The first kappa shape index (κ1) is 16.3. The predicted molar refractivity (Wildman–Crippen MR) is 91.7 cm³/mol. The summed E-state index contributed by atoms with van der Waals surface area (Å²) in [5.74, 6) is 0.924. The maximum absolute atomic E-state index is 12.8. The second-order valence-corrected chi connectivity index (χ2v) is 7.10. The molecule has 126 valence electrons. The van der Waals surface area contributed by atoms with Crippen molar-refractivity contribution in [1.29, 1.82) is 0 Å². The van der Waals surface area contributed by atoms with Crippen LogP contribution in [0.5, 0.6) is 5.75 Å². The Hall–Kier alpha value is -1.55. The first-order chi connectivity index (χ1) is 11.1. The molecule has 0 aromatic heterocycles. The van der Waals surface area contributed by atoms with Crippen molar-refractivity contribution < 1.29 is 9.53 Å². The van der Waals surface area contributed by atoms with Gasteiger partial charge in [0.1, 0.15) is 5.75 Å². The van der Waals surface area contributed by atoms with Gasteiger partial charge in [0.25, 0.3) is 5.91 Å². The lowest BCUT2D eigenvalue weighted by Gasteiger charge is -2.48. The van der Waals surface area contributed by atoms with Crippen LogP contribution in [0, 0.1) is 6.92 Å². The molecule has 2 fully saturated rings. The van der Waals surface area contributed by atoms with Crippen molar-refractivity contribution in [1.82, 2.24) is 10.2 Å². The van der Waals surface area contributed by atoms with Gasteiger partial charge in [-0.1, -0.05) is 24.6 Å². The van der Waals surface area contributed by atoms with E-state index in [1.165, 1.54) is 12.8 Å². The molecular formula is C19H28N2O2. The minimum absolute atomic E-state index is 0.0626. The molecule has 0 unspecified atom stereocenters. The van der Waals surface area contributed by atoms with Crippen molar-refractivity contribution in [3.8, 4) is 5.75 Å². The zero-order valence-electron chi connectivity index (χ0n) is 14.3. The zero-order valence-corrected chi connectivity index (χ0v) is 14.3. The lowest BCUT2D eigenvalue weighted by atomic mass is 9.81. The molecule has 4 nitrogen and oxygen atoms in total. The van der Waals surface area contributed by atoms with E-state index in [1.807, 2.05) is 31.2 Å². The Morgan fingerprint density at radius 3 is 3.00 bits per heavy atom. The fourth-order valence-corrected chi connectivity index (χ4v) is 4.04. The Morgan fingerprint density at radius 2 is 2.17 bits per heavy atom. The largest absolute Gasteiger partial charge is 0.484 e. The molecule has 1 amide bonds. The monoisotopic (exact) mass is 316 g/mol. The van der Waals surface area contributed by atoms with Gasteiger partial charge in [-0.05, 0) is 57.7 Å². The van der Waals surface area contributed by atoms with E-state index in [2.05, 4.69) is 17.1 Å². The quantitative estimate of drug-likeness (QED) is 0.932. The van der Waals surface area contributed by atoms with Gasteiger partial charge in [0, 0.05) is 18.1 Å². The lowest BCUT2D eigenvalue weighted by molar-refractivity contribution is -0.139. The Morgan fingerprint density at radius 1 is 1.35 bits per heavy atom. The first-order valence-electron chi connectivity index (χ1n) is 8.83. The third kappa shape index (κ3) is 3.52. The van der Waals surface area contributed by atoms with Crippen molar-refractivity contribution in [3.63, 3.8) is 0 Å². The number of piperidine rings is 1. The molecule has 4 heteroatoms. The predicted octanol–water partition coefficient (Wildman–Crippen LogP) is 2.90. The van der Waals surface area contributed by atoms with Crippen LogP contribution in [0.15, 0.2) is 24.3 Å². The number of benzene rings is 1. The average Bonchev–Trinajstić information content (AvgIpc) is 2.74. The van der Waals surface area contributed by atoms with Gasteiger partial charge in [-0.2, -0.15) is 0 Å². The van der Waals surface area contributed by atoms with Crippen molar-refractivity contribution in [2.45, 2.75) is 57.5 Å². The number of amides is 1. The third-order valence-electron chi connectivity index (χ3n) is 5.41. The molecule has 0 spiro atoms. The van der Waals surface area contributed by atoms with E-state index >= 15 is 0 Å². The van der Waals surface area contributed by atoms with Crippen LogP contribution < -0.4 is 10.1 Å². The van der Waals surface area contributed by atoms with E-state index in [4.69, 9.17) is 4.74 Å². The minimum atomic E-state index is 0.0626. The minimum Gasteiger partial charge on any atom is -0.484 e. The molecule has 2 aliphatic heterocycles. The van der Waals surface area contributed by atoms with Crippen LogP contribution in [0.4, 0.5) is 0 Å². The highest BCUT2D eigenvalue weighted by Crippen LogP contribution is 2.33. The number of fused-ring (bicyclic) bond motifs is 1. The van der Waals surface area contributed by atoms with Gasteiger partial charge in [-0.25, -0.2) is 0 Å². The fourth-order valence-electron chi connectivity index (χ4n) is 4.04. The summed E-state index contributed by atoms with van der Waals surface area (Å²) in [5, 5.41) is 3.69. The number of ether oxygens (including phenoxy) is 1. The number of hydrogen-bond donors (Lipinski definition) is 1. The summed E-state index contributed by atoms with van der Waals surface area (Å²) in [6, 6.07) is 8.16. The van der Waals surface area contributed by atoms with Gasteiger partial charge in [0.2, 0.25) is 0 Å². The van der Waals surface area contributed by atoms with Crippen molar-refractivity contribution >= 4 is 5.91 Å². The molecule has 0 radical (unpaired) electrons. The Kier molecular flexibility index (Phi) is 4.90. The smallest absolute Gasteiger partial charge is 0.260 e. The molecule has 2 saturated heterocycles. The van der Waals surface area contributed by atoms with Crippen molar-refractivity contribution in [3.05, 3.63) is 29.8 Å². The summed E-state index contributed by atoms with van der Waals surface area (Å²) in [6.45, 7) is 6.35. The summed E-state index contributed by atoms with van der Waals surface area (Å²) in [4.78, 5) is 14.8. The van der Waals surface area contributed by atoms with Gasteiger partial charge in [0.05, 0.1) is 0 Å². The lowest BCUT2D eigenvalue weighted by Crippen LogP contribution is -2.63. The van der Waals surface area contributed by atoms with Crippen molar-refractivity contribution in [2.24, 2.45) is 0 Å². The molecule has 1 N–H and O–H groups in total. The maximum atomic E-state index is 12.8. The number of carbonyl (C=O) groups excluding carboxylic acids is 1. The van der Waals surface area contributed by atoms with Gasteiger partial charge in [-0.15, -0.1) is 0 Å². The summed E-state index contributed by atoms with van der Waals surface area (Å²) in [5.41, 5.74) is 1.13. The summed E-state index contributed by atoms with van der Waals surface area (Å²) in [6.07, 6.45) is 5.71. The molecule has 0 aliphatic carbocycles. The molecule has 2 aliphatic rings. The Labute approximate surface area is 139 Å². The van der Waals surface area contributed by atoms with E-state index in [1.54, 1.807) is 0 Å². The number of carbonyl (C=O) groups is 1. The summed E-state index contributed by atoms with van der Waals surface area (Å²) in [7, 11) is 0. The molecule has 23 heavy (non-hydrogen) atoms. The van der Waals surface area contributed by atoms with Crippen molar-refractivity contribution in [2.75, 3.05) is 19.7 Å². The number of likely N-dealkylation sites (tertiary alicyclic amines) is 1. The summed E-state index contributed by atoms with van der Waals surface area (Å²) >= 11 is 0. The van der Waals surface area contributed by atoms with Crippen LogP contribution in [-0.4, -0.2) is 42.1 Å². The van der Waals surface area contributed by atoms with E-state index in [-0.39, 0.29) is 18.1 Å². The van der Waals surface area contributed by atoms with E-state index in [0.717, 1.165) is 43.7 Å². The SMILES string of the molecule is Cc1ccccc1OCC(=O)N1CCC[C@]2(C)NCCCC[C@H]12. The molecule has 0 bridgehead atoms. The second-order valence-electron chi connectivity index (χ2n) is 7.10. The number of rotatable bonds is 3. The first-order valence-corrected chi connectivity index (χ1v) is 8.83. The van der Waals surface area contributed by atoms with Gasteiger partial charge < -0.3 is 15.0 Å². The molecule has 2 atom stereocenters. The molecule has 2 heterocycles. The zero-order chi connectivity index (χ0) is 16.3. The van der Waals surface area contributed by atoms with E-state index < -0.39 is 0 Å². The van der Waals surface area contributed by atoms with Crippen LogP contribution in [0.25, 0.3) is 0 Å². The number of nitrogens with zero attached hydrogens (tertiary/aromatic N) is 1. The maximum Gasteiger partial charge on any atom is 0.260 e. The van der Waals surface area contributed by atoms with Crippen LogP contribution in [0.2, 0.25) is 0 Å². The van der Waals surface area contributed by atoms with Crippen LogP contribution in [0.1, 0.15) is 44.6 Å². The van der Waals surface area contributed by atoms with Crippen LogP contribution in [0.3, 0.4) is 0 Å². The number of hydrogen-bond acceptors (Lipinski definition) is 3. The van der Waals surface area contributed by atoms with E-state index in [9.17, 15) is 4.79 Å². The molecule has 0 saturated carbocycles. The van der Waals surface area contributed by atoms with Gasteiger partial charge in [-0.3, -0.25) is 4.79 Å². The van der Waals surface area contributed by atoms with Crippen LogP contribution >= 0.6 is 0 Å². The Balaban J connectivity index is 1.67. The Bertz CT molecular complexity index is 560. The topological polar surface area (TPSA) is 41.6 Å². The highest BCUT2D eigenvalue weighted by atomic mass is 16.5. The normalized spacial score (nSPS) is 27.9. The number of para-hydroxylation sites is 1. The molecule has 1 aromatic rings. The standard InChI is InChI=1S/C19H28N2O2/c1-15-8-3-4-9-16(15)23-14-18(22)21-13-7-11-19(2)17(21)10-5-6-12-20-19/h3-4,8-9,17,20H,5-7,10-14H2,1-2H3/t17-,19-/m0/s1.